The van der Waals surface area contributed by atoms with Gasteiger partial charge in [-0.15, -0.1) is 0 Å². The molecular weight excluding hydrogens is 258 g/mol. The van der Waals surface area contributed by atoms with E-state index in [1.165, 1.54) is 12.1 Å². The van der Waals surface area contributed by atoms with E-state index < -0.39 is 17.7 Å². The predicted molar refractivity (Wildman–Crippen MR) is 75.6 cm³/mol. The van der Waals surface area contributed by atoms with E-state index in [2.05, 4.69) is 10.3 Å². The molecule has 0 bridgehead atoms. The Kier molecular flexibility index (Phi) is 4.45. The van der Waals surface area contributed by atoms with Crippen LogP contribution in [0.1, 0.15) is 35.3 Å². The number of benzene rings is 1. The molecule has 1 aromatic heterocycles. The highest BCUT2D eigenvalue weighted by molar-refractivity contribution is 5.36. The number of halogens is 2. The van der Waals surface area contributed by atoms with Crippen molar-refractivity contribution in [1.82, 2.24) is 10.3 Å². The number of nitrogens with one attached hydrogen (secondary N) is 1. The number of hydrogen-bond donors (Lipinski definition) is 1. The van der Waals surface area contributed by atoms with Crippen LogP contribution in [0.15, 0.2) is 30.5 Å². The van der Waals surface area contributed by atoms with Crippen LogP contribution in [0.3, 0.4) is 0 Å². The van der Waals surface area contributed by atoms with E-state index in [0.717, 1.165) is 5.56 Å². The first-order chi connectivity index (χ1) is 9.56. The van der Waals surface area contributed by atoms with Crippen molar-refractivity contribution in [2.24, 2.45) is 0 Å². The molecule has 0 saturated heterocycles. The monoisotopic (exact) mass is 276 g/mol. The Morgan fingerprint density at radius 2 is 1.90 bits per heavy atom. The molecule has 2 nitrogen and oxygen atoms in total. The molecule has 0 aliphatic heterocycles. The van der Waals surface area contributed by atoms with Crippen LogP contribution in [-0.2, 0) is 0 Å². The number of aromatic nitrogens is 1. The van der Waals surface area contributed by atoms with Gasteiger partial charge < -0.3 is 5.32 Å². The van der Waals surface area contributed by atoms with Crippen LogP contribution in [0, 0.1) is 25.5 Å². The average molecular weight is 276 g/mol. The van der Waals surface area contributed by atoms with Gasteiger partial charge in [0.15, 0.2) is 0 Å². The molecule has 1 unspecified atom stereocenters. The third-order valence-electron chi connectivity index (χ3n) is 3.34. The summed E-state index contributed by atoms with van der Waals surface area (Å²) >= 11 is 0. The van der Waals surface area contributed by atoms with Crippen LogP contribution < -0.4 is 5.32 Å². The molecule has 0 fully saturated rings. The second-order valence-corrected chi connectivity index (χ2v) is 4.79. The summed E-state index contributed by atoms with van der Waals surface area (Å²) in [5.41, 5.74) is 2.02. The topological polar surface area (TPSA) is 24.9 Å². The molecule has 0 aliphatic rings. The molecule has 20 heavy (non-hydrogen) atoms. The zero-order chi connectivity index (χ0) is 14.7. The normalized spacial score (nSPS) is 12.4. The van der Waals surface area contributed by atoms with E-state index >= 15 is 0 Å². The van der Waals surface area contributed by atoms with Crippen LogP contribution >= 0.6 is 0 Å². The maximum atomic E-state index is 14.3. The summed E-state index contributed by atoms with van der Waals surface area (Å²) in [7, 11) is 0. The quantitative estimate of drug-likeness (QED) is 0.921. The molecule has 0 aliphatic carbocycles. The molecule has 4 heteroatoms. The highest BCUT2D eigenvalue weighted by Gasteiger charge is 2.24. The largest absolute Gasteiger partial charge is 0.305 e. The third kappa shape index (κ3) is 2.70. The van der Waals surface area contributed by atoms with Gasteiger partial charge in [-0.2, -0.15) is 0 Å². The lowest BCUT2D eigenvalue weighted by Crippen LogP contribution is -2.26. The lowest BCUT2D eigenvalue weighted by molar-refractivity contribution is 0.500. The van der Waals surface area contributed by atoms with Gasteiger partial charge in [-0.05, 0) is 43.7 Å². The van der Waals surface area contributed by atoms with Crippen molar-refractivity contribution in [2.45, 2.75) is 26.8 Å². The first kappa shape index (κ1) is 14.6. The Bertz CT molecular complexity index is 611. The lowest BCUT2D eigenvalue weighted by atomic mass is 9.97. The van der Waals surface area contributed by atoms with E-state index in [-0.39, 0.29) is 5.56 Å². The molecule has 106 valence electrons. The fourth-order valence-corrected chi connectivity index (χ4v) is 2.28. The van der Waals surface area contributed by atoms with Gasteiger partial charge in [0.25, 0.3) is 0 Å². The van der Waals surface area contributed by atoms with Gasteiger partial charge in [-0.25, -0.2) is 8.78 Å². The maximum absolute atomic E-state index is 14.3. The Hall–Kier alpha value is -1.81. The maximum Gasteiger partial charge on any atom is 0.134 e. The molecule has 1 atom stereocenters. The summed E-state index contributed by atoms with van der Waals surface area (Å²) in [5.74, 6) is -1.06. The summed E-state index contributed by atoms with van der Waals surface area (Å²) in [6, 6.07) is 5.86. The standard InChI is InChI=1S/C16H18F2N2/c1-4-19-16(15-11(3)6-5-9-20-15)13-12(17)8-7-10(2)14(13)18/h5-9,16,19H,4H2,1-3H3. The molecule has 0 saturated carbocycles. The highest BCUT2D eigenvalue weighted by Crippen LogP contribution is 2.29. The summed E-state index contributed by atoms with van der Waals surface area (Å²) in [6.45, 7) is 6.01. The Balaban J connectivity index is 2.61. The summed E-state index contributed by atoms with van der Waals surface area (Å²) in [5, 5.41) is 3.12. The number of pyridine rings is 1. The van der Waals surface area contributed by atoms with Crippen molar-refractivity contribution in [3.8, 4) is 0 Å². The number of hydrogen-bond acceptors (Lipinski definition) is 2. The Morgan fingerprint density at radius 1 is 1.15 bits per heavy atom. The molecule has 2 rings (SSSR count). The van der Waals surface area contributed by atoms with Gasteiger partial charge in [0.05, 0.1) is 11.7 Å². The number of rotatable bonds is 4. The fraction of sp³-hybridized carbons (Fsp3) is 0.312. The highest BCUT2D eigenvalue weighted by atomic mass is 19.1. The molecule has 0 radical (unpaired) electrons. The van der Waals surface area contributed by atoms with Crippen molar-refractivity contribution < 1.29 is 8.78 Å². The van der Waals surface area contributed by atoms with Crippen LogP contribution in [0.25, 0.3) is 0 Å². The minimum Gasteiger partial charge on any atom is -0.305 e. The SMILES string of the molecule is CCNC(c1ncccc1C)c1c(F)ccc(C)c1F. The Morgan fingerprint density at radius 3 is 2.55 bits per heavy atom. The van der Waals surface area contributed by atoms with Crippen molar-refractivity contribution in [2.75, 3.05) is 6.54 Å². The van der Waals surface area contributed by atoms with E-state index in [1.54, 1.807) is 13.1 Å². The molecule has 1 N–H and O–H groups in total. The average Bonchev–Trinajstić information content (AvgIpc) is 2.43. The molecule has 1 heterocycles. The third-order valence-corrected chi connectivity index (χ3v) is 3.34. The first-order valence-corrected chi connectivity index (χ1v) is 6.65. The zero-order valence-corrected chi connectivity index (χ0v) is 11.9. The van der Waals surface area contributed by atoms with Gasteiger partial charge in [-0.1, -0.05) is 19.1 Å². The number of nitrogens with zero attached hydrogens (tertiary/aromatic N) is 1. The summed E-state index contributed by atoms with van der Waals surface area (Å²) in [4.78, 5) is 4.29. The van der Waals surface area contributed by atoms with Crippen LogP contribution in [0.5, 0.6) is 0 Å². The van der Waals surface area contributed by atoms with Crippen molar-refractivity contribution in [3.05, 3.63) is 64.5 Å². The van der Waals surface area contributed by atoms with Gasteiger partial charge in [0.2, 0.25) is 0 Å². The number of aryl methyl sites for hydroxylation is 2. The second kappa shape index (κ2) is 6.09. The van der Waals surface area contributed by atoms with E-state index in [0.29, 0.717) is 17.8 Å². The van der Waals surface area contributed by atoms with E-state index in [4.69, 9.17) is 0 Å². The van der Waals surface area contributed by atoms with E-state index in [1.807, 2.05) is 26.0 Å². The van der Waals surface area contributed by atoms with Gasteiger partial charge in [-0.3, -0.25) is 4.98 Å². The minimum atomic E-state index is -0.582. The molecule has 2 aromatic rings. The molecule has 1 aromatic carbocycles. The van der Waals surface area contributed by atoms with Gasteiger partial charge in [0, 0.05) is 11.8 Å². The zero-order valence-electron chi connectivity index (χ0n) is 11.9. The fourth-order valence-electron chi connectivity index (χ4n) is 2.28. The van der Waals surface area contributed by atoms with Gasteiger partial charge >= 0.3 is 0 Å². The lowest BCUT2D eigenvalue weighted by Gasteiger charge is -2.21. The molecular formula is C16H18F2N2. The van der Waals surface area contributed by atoms with Crippen LogP contribution in [0.4, 0.5) is 8.78 Å². The second-order valence-electron chi connectivity index (χ2n) is 4.79. The first-order valence-electron chi connectivity index (χ1n) is 6.65. The smallest absolute Gasteiger partial charge is 0.134 e. The van der Waals surface area contributed by atoms with Crippen molar-refractivity contribution in [3.63, 3.8) is 0 Å². The molecule has 0 spiro atoms. The Labute approximate surface area is 117 Å². The minimum absolute atomic E-state index is 0.0358. The molecule has 0 amide bonds. The predicted octanol–water partition coefficient (Wildman–Crippen LogP) is 3.68. The van der Waals surface area contributed by atoms with Crippen LogP contribution in [-0.4, -0.2) is 11.5 Å². The van der Waals surface area contributed by atoms with Crippen LogP contribution in [0.2, 0.25) is 0 Å². The van der Waals surface area contributed by atoms with Gasteiger partial charge in [0.1, 0.15) is 11.6 Å². The van der Waals surface area contributed by atoms with Crippen molar-refractivity contribution >= 4 is 0 Å². The summed E-state index contributed by atoms with van der Waals surface area (Å²) < 4.78 is 28.5. The summed E-state index contributed by atoms with van der Waals surface area (Å²) in [6.07, 6.45) is 1.64. The van der Waals surface area contributed by atoms with Crippen molar-refractivity contribution in [1.29, 1.82) is 0 Å². The van der Waals surface area contributed by atoms with E-state index in [9.17, 15) is 8.78 Å².